The first-order valence-corrected chi connectivity index (χ1v) is 12.2. The van der Waals surface area contributed by atoms with Crippen molar-refractivity contribution in [3.05, 3.63) is 63.6 Å². The number of carbonyl (C=O) groups is 1. The minimum Gasteiger partial charge on any atom is -0.478 e. The molecule has 4 N–H and O–H groups in total. The van der Waals surface area contributed by atoms with Crippen LogP contribution >= 0.6 is 15.9 Å². The number of halogens is 1. The van der Waals surface area contributed by atoms with Crippen LogP contribution in [0.2, 0.25) is 0 Å². The molecular formula is C22H23BrN4O5S. The molecule has 3 aromatic rings. The second-order valence-electron chi connectivity index (χ2n) is 7.38. The molecule has 0 saturated heterocycles. The van der Waals surface area contributed by atoms with Crippen molar-refractivity contribution in [2.45, 2.75) is 31.8 Å². The van der Waals surface area contributed by atoms with Gasteiger partial charge in [-0.2, -0.15) is 4.98 Å². The Hall–Kier alpha value is -3.02. The smallest absolute Gasteiger partial charge is 0.335 e. The fourth-order valence-electron chi connectivity index (χ4n) is 3.12. The van der Waals surface area contributed by atoms with Gasteiger partial charge in [0.15, 0.2) is 0 Å². The number of carboxylic acid groups (broad SMARTS) is 1. The van der Waals surface area contributed by atoms with Gasteiger partial charge in [-0.15, -0.1) is 0 Å². The van der Waals surface area contributed by atoms with Gasteiger partial charge in [-0.1, -0.05) is 24.3 Å². The summed E-state index contributed by atoms with van der Waals surface area (Å²) in [7, 11) is -4.19. The number of hydrogen-bond donors (Lipinski definition) is 3. The lowest BCUT2D eigenvalue weighted by Gasteiger charge is -2.18. The summed E-state index contributed by atoms with van der Waals surface area (Å²) >= 11 is 3.49. The highest BCUT2D eigenvalue weighted by molar-refractivity contribution is 9.10. The molecule has 0 spiro atoms. The monoisotopic (exact) mass is 534 g/mol. The van der Waals surface area contributed by atoms with Gasteiger partial charge in [0.1, 0.15) is 10.6 Å². The number of nitrogens with one attached hydrogen (secondary N) is 1. The van der Waals surface area contributed by atoms with E-state index in [-0.39, 0.29) is 28.8 Å². The second-order valence-corrected chi connectivity index (χ2v) is 9.86. The van der Waals surface area contributed by atoms with Crippen LogP contribution in [0, 0.1) is 13.8 Å². The van der Waals surface area contributed by atoms with Crippen molar-refractivity contribution in [3.63, 3.8) is 0 Å². The van der Waals surface area contributed by atoms with E-state index in [0.29, 0.717) is 10.2 Å². The number of anilines is 1. The number of benzene rings is 2. The molecule has 2 aromatic carbocycles. The van der Waals surface area contributed by atoms with E-state index in [1.54, 1.807) is 6.92 Å². The summed E-state index contributed by atoms with van der Waals surface area (Å²) in [5.74, 6) is -1.34. The maximum atomic E-state index is 13.0. The number of aromatic nitrogens is 2. The highest BCUT2D eigenvalue weighted by Crippen LogP contribution is 2.37. The highest BCUT2D eigenvalue weighted by Gasteiger charge is 2.23. The van der Waals surface area contributed by atoms with Gasteiger partial charge in [0.05, 0.1) is 16.2 Å². The van der Waals surface area contributed by atoms with Gasteiger partial charge < -0.3 is 15.6 Å². The molecule has 0 radical (unpaired) electrons. The Morgan fingerprint density at radius 1 is 1.18 bits per heavy atom. The zero-order chi connectivity index (χ0) is 24.3. The third kappa shape index (κ3) is 5.49. The first kappa shape index (κ1) is 24.6. The number of rotatable bonds is 8. The van der Waals surface area contributed by atoms with Gasteiger partial charge in [0.25, 0.3) is 10.0 Å². The fourth-order valence-corrected chi connectivity index (χ4v) is 4.58. The van der Waals surface area contributed by atoms with Crippen molar-refractivity contribution in [1.82, 2.24) is 9.97 Å². The Labute approximate surface area is 200 Å². The zero-order valence-corrected chi connectivity index (χ0v) is 20.6. The van der Waals surface area contributed by atoms with Gasteiger partial charge >= 0.3 is 5.97 Å². The van der Waals surface area contributed by atoms with Crippen molar-refractivity contribution < 1.29 is 23.1 Å². The number of ether oxygens (including phenoxy) is 1. The number of sulfonamides is 1. The number of nitrogens with zero attached hydrogens (tertiary/aromatic N) is 2. The summed E-state index contributed by atoms with van der Waals surface area (Å²) in [4.78, 5) is 19.7. The van der Waals surface area contributed by atoms with E-state index in [1.165, 1.54) is 18.2 Å². The van der Waals surface area contributed by atoms with Crippen LogP contribution in [0.5, 0.6) is 5.88 Å². The van der Waals surface area contributed by atoms with Gasteiger partial charge in [-0.05, 0) is 66.0 Å². The van der Waals surface area contributed by atoms with Crippen LogP contribution in [-0.2, 0) is 10.0 Å². The predicted molar refractivity (Wildman–Crippen MR) is 128 cm³/mol. The molecule has 9 nitrogen and oxygen atoms in total. The molecule has 0 unspecified atom stereocenters. The van der Waals surface area contributed by atoms with Gasteiger partial charge in [0, 0.05) is 12.1 Å². The Bertz CT molecular complexity index is 1290. The van der Waals surface area contributed by atoms with E-state index in [9.17, 15) is 18.3 Å². The number of hydrogen-bond acceptors (Lipinski definition) is 7. The van der Waals surface area contributed by atoms with Crippen LogP contribution in [-0.4, -0.2) is 42.1 Å². The molecule has 0 saturated carbocycles. The van der Waals surface area contributed by atoms with Crippen molar-refractivity contribution in [2.24, 2.45) is 5.73 Å². The Kier molecular flexibility index (Phi) is 7.35. The van der Waals surface area contributed by atoms with Crippen LogP contribution in [0.3, 0.4) is 0 Å². The molecular weight excluding hydrogens is 512 g/mol. The average Bonchev–Trinajstić information content (AvgIpc) is 2.76. The molecule has 174 valence electrons. The second kappa shape index (κ2) is 9.86. The van der Waals surface area contributed by atoms with Crippen molar-refractivity contribution in [2.75, 3.05) is 11.3 Å². The quantitative estimate of drug-likeness (QED) is 0.396. The van der Waals surface area contributed by atoms with Crippen LogP contribution in [0.1, 0.15) is 28.4 Å². The Morgan fingerprint density at radius 3 is 2.42 bits per heavy atom. The zero-order valence-electron chi connectivity index (χ0n) is 18.2. The fraction of sp³-hybridized carbons (Fsp3) is 0.227. The van der Waals surface area contributed by atoms with Gasteiger partial charge in [-0.3, -0.25) is 0 Å². The lowest BCUT2D eigenvalue weighted by atomic mass is 10.00. The van der Waals surface area contributed by atoms with E-state index in [4.69, 9.17) is 10.5 Å². The molecule has 11 heteroatoms. The average molecular weight is 535 g/mol. The minimum absolute atomic E-state index is 0.123. The van der Waals surface area contributed by atoms with E-state index >= 15 is 0 Å². The van der Waals surface area contributed by atoms with Crippen LogP contribution < -0.4 is 15.2 Å². The molecule has 0 aliphatic rings. The molecule has 33 heavy (non-hydrogen) atoms. The van der Waals surface area contributed by atoms with E-state index < -0.39 is 22.1 Å². The summed E-state index contributed by atoms with van der Waals surface area (Å²) in [5, 5.41) is 9.18. The summed E-state index contributed by atoms with van der Waals surface area (Å²) in [6.45, 7) is 5.81. The summed E-state index contributed by atoms with van der Waals surface area (Å²) in [5.41, 5.74) is 8.61. The molecule has 0 bridgehead atoms. The largest absolute Gasteiger partial charge is 0.478 e. The van der Waals surface area contributed by atoms with E-state index in [1.807, 2.05) is 32.0 Å². The maximum Gasteiger partial charge on any atom is 0.335 e. The van der Waals surface area contributed by atoms with Gasteiger partial charge in [-0.25, -0.2) is 22.9 Å². The number of nitrogens with two attached hydrogens (primary N) is 1. The standard InChI is InChI=1S/C22H23BrN4O5S/c1-12-6-4-7-13(2)17(12)19-18(23)20(32-14(3)11-24)26-22(25-19)27-33(30,31)16-9-5-8-15(10-16)21(28)29/h4-10,14H,11,24H2,1-3H3,(H,28,29)(H,25,26,27)/t14-/m1/s1. The van der Waals surface area contributed by atoms with Crippen molar-refractivity contribution in [1.29, 1.82) is 0 Å². The van der Waals surface area contributed by atoms with E-state index in [2.05, 4.69) is 30.6 Å². The molecule has 0 aliphatic carbocycles. The van der Waals surface area contributed by atoms with Crippen LogP contribution in [0.4, 0.5) is 5.95 Å². The summed E-state index contributed by atoms with van der Waals surface area (Å²) < 4.78 is 34.6. The van der Waals surface area contributed by atoms with E-state index in [0.717, 1.165) is 22.8 Å². The van der Waals surface area contributed by atoms with Crippen LogP contribution in [0.25, 0.3) is 11.3 Å². The summed E-state index contributed by atoms with van der Waals surface area (Å²) in [6, 6.07) is 10.7. The van der Waals surface area contributed by atoms with Crippen LogP contribution in [0.15, 0.2) is 51.8 Å². The Balaban J connectivity index is 2.14. The third-order valence-electron chi connectivity index (χ3n) is 4.80. The molecule has 0 amide bonds. The number of carboxylic acids is 1. The molecule has 1 aromatic heterocycles. The van der Waals surface area contributed by atoms with Crippen molar-refractivity contribution in [3.8, 4) is 17.1 Å². The lowest BCUT2D eigenvalue weighted by molar-refractivity contribution is 0.0696. The molecule has 0 fully saturated rings. The molecule has 1 heterocycles. The topological polar surface area (TPSA) is 144 Å². The maximum absolute atomic E-state index is 13.0. The molecule has 0 aliphatic heterocycles. The first-order chi connectivity index (χ1) is 15.5. The Morgan fingerprint density at radius 2 is 1.82 bits per heavy atom. The minimum atomic E-state index is -4.19. The summed E-state index contributed by atoms with van der Waals surface area (Å²) in [6.07, 6.45) is -0.390. The van der Waals surface area contributed by atoms with Gasteiger partial charge in [0.2, 0.25) is 11.8 Å². The molecule has 1 atom stereocenters. The predicted octanol–water partition coefficient (Wildman–Crippen LogP) is 3.75. The normalized spacial score (nSPS) is 12.3. The number of aryl methyl sites for hydroxylation is 2. The molecule has 3 rings (SSSR count). The number of aromatic carboxylic acids is 1. The third-order valence-corrected chi connectivity index (χ3v) is 6.84. The first-order valence-electron chi connectivity index (χ1n) is 9.90. The lowest BCUT2D eigenvalue weighted by Crippen LogP contribution is -2.24. The van der Waals surface area contributed by atoms with Crippen molar-refractivity contribution >= 4 is 37.9 Å². The highest BCUT2D eigenvalue weighted by atomic mass is 79.9. The SMILES string of the molecule is Cc1cccc(C)c1-c1nc(NS(=O)(=O)c2cccc(C(=O)O)c2)nc(O[C@H](C)CN)c1Br.